The molecule has 0 aromatic rings. The third kappa shape index (κ3) is 64.4. The van der Waals surface area contributed by atoms with Gasteiger partial charge in [0.05, 0.1) is 0 Å². The van der Waals surface area contributed by atoms with Crippen LogP contribution in [0.15, 0.2) is 134 Å². The maximum atomic E-state index is 12.9. The highest BCUT2D eigenvalue weighted by molar-refractivity contribution is 5.71. The second-order valence-electron chi connectivity index (χ2n) is 21.6. The van der Waals surface area contributed by atoms with Crippen molar-refractivity contribution in [1.29, 1.82) is 0 Å². The van der Waals surface area contributed by atoms with Gasteiger partial charge in [-0.25, -0.2) is 0 Å². The van der Waals surface area contributed by atoms with Crippen LogP contribution in [0.3, 0.4) is 0 Å². The first-order valence-electron chi connectivity index (χ1n) is 33.2. The number of carbonyl (C=O) groups is 3. The van der Waals surface area contributed by atoms with E-state index in [4.69, 9.17) is 14.2 Å². The van der Waals surface area contributed by atoms with Gasteiger partial charge in [0.25, 0.3) is 0 Å². The third-order valence-electron chi connectivity index (χ3n) is 13.9. The largest absolute Gasteiger partial charge is 0.462 e. The normalized spacial score (nSPS) is 13.0. The van der Waals surface area contributed by atoms with E-state index in [0.29, 0.717) is 19.3 Å². The molecule has 0 rings (SSSR count). The van der Waals surface area contributed by atoms with Crippen molar-refractivity contribution in [2.24, 2.45) is 0 Å². The zero-order valence-corrected chi connectivity index (χ0v) is 52.0. The van der Waals surface area contributed by atoms with E-state index < -0.39 is 6.10 Å². The second kappa shape index (κ2) is 67.1. The molecule has 0 radical (unpaired) electrons. The summed E-state index contributed by atoms with van der Waals surface area (Å²) in [6.45, 7) is 6.48. The predicted octanol–water partition coefficient (Wildman–Crippen LogP) is 22.9. The molecule has 6 heteroatoms. The summed E-state index contributed by atoms with van der Waals surface area (Å²) in [5.41, 5.74) is 0. The lowest BCUT2D eigenvalue weighted by Gasteiger charge is -2.18. The summed E-state index contributed by atoms with van der Waals surface area (Å²) in [4.78, 5) is 38.3. The molecule has 0 fully saturated rings. The third-order valence-corrected chi connectivity index (χ3v) is 13.9. The summed E-state index contributed by atoms with van der Waals surface area (Å²) in [7, 11) is 0. The van der Waals surface area contributed by atoms with Gasteiger partial charge in [-0.1, -0.05) is 270 Å². The minimum Gasteiger partial charge on any atom is -0.462 e. The van der Waals surface area contributed by atoms with Gasteiger partial charge >= 0.3 is 17.9 Å². The molecule has 6 nitrogen and oxygen atoms in total. The molecule has 0 aliphatic rings. The first-order chi connectivity index (χ1) is 39.5. The maximum Gasteiger partial charge on any atom is 0.306 e. The maximum absolute atomic E-state index is 12.9. The summed E-state index contributed by atoms with van der Waals surface area (Å²) in [6.07, 6.45) is 94.6. The SMILES string of the molecule is CC/C=C\C/C=C\C/C=C\C/C=C\C/C=C\C/C=C\C/C=C\C/C=C\C/C=C\CCCCCC(=O)OCC(COC(=O)CCCCCCC/C=C\CCCCCC)OC(=O)CCCCCCCCC/C=C\CCCCCCCCC. The van der Waals surface area contributed by atoms with Crippen molar-refractivity contribution in [2.45, 2.75) is 303 Å². The van der Waals surface area contributed by atoms with Crippen LogP contribution in [-0.4, -0.2) is 37.2 Å². The Morgan fingerprint density at radius 3 is 0.800 bits per heavy atom. The number of carbonyl (C=O) groups excluding carboxylic acids is 3. The minimum absolute atomic E-state index is 0.0970. The fraction of sp³-hybridized carbons (Fsp3) is 0.662. The van der Waals surface area contributed by atoms with Crippen LogP contribution >= 0.6 is 0 Å². The number of rotatable bonds is 59. The van der Waals surface area contributed by atoms with Crippen molar-refractivity contribution in [3.63, 3.8) is 0 Å². The van der Waals surface area contributed by atoms with Crippen LogP contribution in [0, 0.1) is 0 Å². The molecule has 0 saturated carbocycles. The van der Waals surface area contributed by atoms with Crippen LogP contribution in [0.5, 0.6) is 0 Å². The lowest BCUT2D eigenvalue weighted by molar-refractivity contribution is -0.167. The zero-order chi connectivity index (χ0) is 57.8. The van der Waals surface area contributed by atoms with Crippen LogP contribution in [0.25, 0.3) is 0 Å². The van der Waals surface area contributed by atoms with Gasteiger partial charge in [0, 0.05) is 19.3 Å². The molecule has 0 aliphatic heterocycles. The highest BCUT2D eigenvalue weighted by Crippen LogP contribution is 2.15. The smallest absolute Gasteiger partial charge is 0.306 e. The molecule has 454 valence electrons. The zero-order valence-electron chi connectivity index (χ0n) is 52.0. The topological polar surface area (TPSA) is 78.9 Å². The van der Waals surface area contributed by atoms with E-state index >= 15 is 0 Å². The van der Waals surface area contributed by atoms with Crippen molar-refractivity contribution in [3.8, 4) is 0 Å². The van der Waals surface area contributed by atoms with Crippen LogP contribution < -0.4 is 0 Å². The fourth-order valence-electron chi connectivity index (χ4n) is 8.89. The minimum atomic E-state index is -0.803. The molecule has 1 unspecified atom stereocenters. The van der Waals surface area contributed by atoms with Crippen LogP contribution in [0.1, 0.15) is 297 Å². The Labute approximate surface area is 494 Å². The fourth-order valence-corrected chi connectivity index (χ4v) is 8.89. The Hall–Kier alpha value is -4.45. The Morgan fingerprint density at radius 2 is 0.487 bits per heavy atom. The van der Waals surface area contributed by atoms with Crippen LogP contribution in [0.2, 0.25) is 0 Å². The first kappa shape index (κ1) is 75.5. The van der Waals surface area contributed by atoms with Crippen molar-refractivity contribution in [1.82, 2.24) is 0 Å². The Kier molecular flexibility index (Phi) is 63.3. The molecule has 0 amide bonds. The molecule has 0 aliphatic carbocycles. The Balaban J connectivity index is 4.39. The van der Waals surface area contributed by atoms with E-state index in [2.05, 4.69) is 154 Å². The molecule has 0 N–H and O–H groups in total. The number of hydrogen-bond acceptors (Lipinski definition) is 6. The van der Waals surface area contributed by atoms with Gasteiger partial charge in [-0.3, -0.25) is 14.4 Å². The molecule has 0 bridgehead atoms. The molecule has 0 spiro atoms. The van der Waals surface area contributed by atoms with Gasteiger partial charge in [-0.05, 0) is 141 Å². The van der Waals surface area contributed by atoms with Gasteiger partial charge in [-0.2, -0.15) is 0 Å². The van der Waals surface area contributed by atoms with E-state index in [1.54, 1.807) is 0 Å². The second-order valence-corrected chi connectivity index (χ2v) is 21.6. The number of esters is 3. The lowest BCUT2D eigenvalue weighted by Crippen LogP contribution is -2.30. The van der Waals surface area contributed by atoms with E-state index in [0.717, 1.165) is 135 Å². The average molecular weight is 1110 g/mol. The molecular weight excluding hydrogens is 985 g/mol. The molecule has 0 saturated heterocycles. The monoisotopic (exact) mass is 1110 g/mol. The van der Waals surface area contributed by atoms with Crippen LogP contribution in [-0.2, 0) is 28.6 Å². The summed E-state index contributed by atoms with van der Waals surface area (Å²) in [5.74, 6) is -0.940. The van der Waals surface area contributed by atoms with Crippen molar-refractivity contribution >= 4 is 17.9 Å². The van der Waals surface area contributed by atoms with E-state index in [-0.39, 0.29) is 31.1 Å². The molecule has 0 aromatic heterocycles. The molecular formula is C74H122O6. The molecule has 0 heterocycles. The number of unbranched alkanes of at least 4 members (excludes halogenated alkanes) is 26. The van der Waals surface area contributed by atoms with Crippen LogP contribution in [0.4, 0.5) is 0 Å². The summed E-state index contributed by atoms with van der Waals surface area (Å²) < 4.78 is 16.9. The van der Waals surface area contributed by atoms with Crippen molar-refractivity contribution < 1.29 is 28.6 Å². The van der Waals surface area contributed by atoms with Gasteiger partial charge in [0.15, 0.2) is 6.10 Å². The number of hydrogen-bond donors (Lipinski definition) is 0. The van der Waals surface area contributed by atoms with E-state index in [9.17, 15) is 14.4 Å². The van der Waals surface area contributed by atoms with Gasteiger partial charge in [0.2, 0.25) is 0 Å². The van der Waals surface area contributed by atoms with E-state index in [1.165, 1.54) is 122 Å². The van der Waals surface area contributed by atoms with Crippen molar-refractivity contribution in [2.75, 3.05) is 13.2 Å². The average Bonchev–Trinajstić information content (AvgIpc) is 3.46. The highest BCUT2D eigenvalue weighted by Gasteiger charge is 2.19. The summed E-state index contributed by atoms with van der Waals surface area (Å²) in [6, 6.07) is 0. The summed E-state index contributed by atoms with van der Waals surface area (Å²) >= 11 is 0. The molecule has 1 atom stereocenters. The predicted molar refractivity (Wildman–Crippen MR) is 348 cm³/mol. The number of allylic oxidation sites excluding steroid dienone is 22. The van der Waals surface area contributed by atoms with E-state index in [1.807, 2.05) is 0 Å². The lowest BCUT2D eigenvalue weighted by atomic mass is 10.1. The number of ether oxygens (including phenoxy) is 3. The van der Waals surface area contributed by atoms with Gasteiger partial charge in [-0.15, -0.1) is 0 Å². The highest BCUT2D eigenvalue weighted by atomic mass is 16.6. The van der Waals surface area contributed by atoms with Gasteiger partial charge in [0.1, 0.15) is 13.2 Å². The van der Waals surface area contributed by atoms with Crippen molar-refractivity contribution in [3.05, 3.63) is 134 Å². The Morgan fingerprint density at radius 1 is 0.263 bits per heavy atom. The standard InChI is InChI=1S/C74H122O6/c1-4-7-10-13-16-19-22-25-27-29-31-32-33-34-35-36-37-38-39-40-41-42-43-45-46-49-52-55-58-61-64-67-73(76)79-70-71(69-78-72(75)66-63-60-57-54-51-48-24-21-18-15-12-9-6-3)80-74(77)68-65-62-59-56-53-50-47-44-30-28-26-23-20-17-14-11-8-5-2/h7,10,16,19,21,24-25,27-28,30-32,34-35,37-38,40-41,43,45,49,52,71H,4-6,8-9,11-15,17-18,20,22-23,26,29,33,36,39,42,44,46-48,50-51,53-70H2,1-3H3/b10-7-,19-16-,24-21-,27-25-,30-28-,32-31-,35-34-,38-37-,41-40-,45-43-,52-49-. The quantitative estimate of drug-likeness (QED) is 0.0261. The molecule has 80 heavy (non-hydrogen) atoms. The Bertz CT molecular complexity index is 1700. The first-order valence-corrected chi connectivity index (χ1v) is 33.2. The van der Waals surface area contributed by atoms with Gasteiger partial charge < -0.3 is 14.2 Å². The molecule has 0 aromatic carbocycles. The summed E-state index contributed by atoms with van der Waals surface area (Å²) in [5, 5.41) is 0.